The lowest BCUT2D eigenvalue weighted by molar-refractivity contribution is 0.0946. The van der Waals surface area contributed by atoms with Crippen LogP contribution in [0.4, 0.5) is 0 Å². The zero-order valence-electron chi connectivity index (χ0n) is 13.6. The van der Waals surface area contributed by atoms with Crippen LogP contribution in [0.3, 0.4) is 0 Å². The van der Waals surface area contributed by atoms with Crippen molar-refractivity contribution in [3.05, 3.63) is 71.7 Å². The Morgan fingerprint density at radius 2 is 1.96 bits per heavy atom. The molecule has 24 heavy (non-hydrogen) atoms. The minimum Gasteiger partial charge on any atom is -0.347 e. The molecule has 6 heteroatoms. The van der Waals surface area contributed by atoms with Crippen LogP contribution in [0, 0.1) is 6.92 Å². The summed E-state index contributed by atoms with van der Waals surface area (Å²) in [6.45, 7) is 2.42. The van der Waals surface area contributed by atoms with E-state index in [1.165, 1.54) is 4.90 Å². The third-order valence-electron chi connectivity index (χ3n) is 3.63. The van der Waals surface area contributed by atoms with Crippen LogP contribution in [-0.2, 0) is 6.54 Å². The highest BCUT2D eigenvalue weighted by Gasteiger charge is 2.10. The van der Waals surface area contributed by atoms with Gasteiger partial charge in [-0.15, -0.1) is 11.8 Å². The fourth-order valence-electron chi connectivity index (χ4n) is 2.29. The number of amides is 1. The molecular formula is C18H18N4OS. The number of nitrogens with zero attached hydrogens (tertiary/aromatic N) is 3. The maximum absolute atomic E-state index is 12.3. The maximum atomic E-state index is 12.3. The van der Waals surface area contributed by atoms with Crippen molar-refractivity contribution in [1.29, 1.82) is 0 Å². The van der Waals surface area contributed by atoms with Gasteiger partial charge >= 0.3 is 0 Å². The van der Waals surface area contributed by atoms with Gasteiger partial charge in [0.1, 0.15) is 5.69 Å². The van der Waals surface area contributed by atoms with Crippen LogP contribution in [0.25, 0.3) is 5.82 Å². The van der Waals surface area contributed by atoms with Gasteiger partial charge in [0.25, 0.3) is 5.91 Å². The summed E-state index contributed by atoms with van der Waals surface area (Å²) < 4.78 is 1.71. The molecule has 3 aromatic rings. The number of rotatable bonds is 5. The van der Waals surface area contributed by atoms with Gasteiger partial charge in [-0.1, -0.05) is 18.2 Å². The quantitative estimate of drug-likeness (QED) is 0.726. The van der Waals surface area contributed by atoms with Crippen molar-refractivity contribution >= 4 is 17.7 Å². The molecule has 0 bridgehead atoms. The molecule has 0 saturated carbocycles. The molecule has 1 amide bonds. The first-order chi connectivity index (χ1) is 11.7. The normalized spacial score (nSPS) is 10.6. The summed E-state index contributed by atoms with van der Waals surface area (Å²) in [6, 6.07) is 15.4. The average molecular weight is 338 g/mol. The summed E-state index contributed by atoms with van der Waals surface area (Å²) in [4.78, 5) is 17.9. The topological polar surface area (TPSA) is 59.8 Å². The van der Waals surface area contributed by atoms with E-state index in [9.17, 15) is 4.79 Å². The van der Waals surface area contributed by atoms with Crippen LogP contribution in [0.15, 0.2) is 59.6 Å². The fraction of sp³-hybridized carbons (Fsp3) is 0.167. The van der Waals surface area contributed by atoms with Crippen molar-refractivity contribution in [3.8, 4) is 5.82 Å². The number of nitrogens with one attached hydrogen (secondary N) is 1. The SMILES string of the molecule is CSc1ccc(CNC(=O)c2cccc(-n3nccc3C)n2)cc1. The Hall–Kier alpha value is -2.60. The first kappa shape index (κ1) is 16.3. The Balaban J connectivity index is 1.70. The first-order valence-corrected chi connectivity index (χ1v) is 8.79. The number of aromatic nitrogens is 3. The molecule has 3 rings (SSSR count). The highest BCUT2D eigenvalue weighted by Crippen LogP contribution is 2.15. The molecule has 0 unspecified atom stereocenters. The first-order valence-electron chi connectivity index (χ1n) is 7.56. The molecule has 1 aromatic carbocycles. The lowest BCUT2D eigenvalue weighted by atomic mass is 10.2. The molecule has 2 aromatic heterocycles. The number of carbonyl (C=O) groups is 1. The zero-order valence-corrected chi connectivity index (χ0v) is 14.4. The van der Waals surface area contributed by atoms with Gasteiger partial charge in [0.05, 0.1) is 0 Å². The van der Waals surface area contributed by atoms with Crippen molar-refractivity contribution in [3.63, 3.8) is 0 Å². The zero-order chi connectivity index (χ0) is 16.9. The Labute approximate surface area is 145 Å². The van der Waals surface area contributed by atoms with Crippen molar-refractivity contribution in [2.24, 2.45) is 0 Å². The van der Waals surface area contributed by atoms with Gasteiger partial charge in [-0.3, -0.25) is 4.79 Å². The van der Waals surface area contributed by atoms with Gasteiger partial charge in [0.2, 0.25) is 0 Å². The molecule has 1 N–H and O–H groups in total. The average Bonchev–Trinajstić information content (AvgIpc) is 3.06. The maximum Gasteiger partial charge on any atom is 0.270 e. The van der Waals surface area contributed by atoms with Crippen LogP contribution < -0.4 is 5.32 Å². The number of benzene rings is 1. The molecule has 2 heterocycles. The van der Waals surface area contributed by atoms with Gasteiger partial charge in [-0.25, -0.2) is 9.67 Å². The van der Waals surface area contributed by atoms with E-state index in [0.717, 1.165) is 11.3 Å². The van der Waals surface area contributed by atoms with E-state index in [-0.39, 0.29) is 5.91 Å². The third-order valence-corrected chi connectivity index (χ3v) is 4.37. The number of hydrogen-bond acceptors (Lipinski definition) is 4. The fourth-order valence-corrected chi connectivity index (χ4v) is 2.70. The highest BCUT2D eigenvalue weighted by atomic mass is 32.2. The van der Waals surface area contributed by atoms with Crippen molar-refractivity contribution in [2.75, 3.05) is 6.26 Å². The standard InChI is InChI=1S/C18H18N4OS/c1-13-10-11-20-22(13)17-5-3-4-16(21-17)18(23)19-12-14-6-8-15(24-2)9-7-14/h3-11H,12H2,1-2H3,(H,19,23). The molecule has 0 spiro atoms. The molecule has 122 valence electrons. The predicted octanol–water partition coefficient (Wildman–Crippen LogP) is 3.23. The molecule has 0 aliphatic rings. The van der Waals surface area contributed by atoms with E-state index in [4.69, 9.17) is 0 Å². The Bertz CT molecular complexity index is 842. The van der Waals surface area contributed by atoms with Gasteiger partial charge in [0, 0.05) is 23.3 Å². The number of thioether (sulfide) groups is 1. The van der Waals surface area contributed by atoms with E-state index in [1.54, 1.807) is 28.7 Å². The lowest BCUT2D eigenvalue weighted by Gasteiger charge is -2.08. The Kier molecular flexibility index (Phi) is 4.96. The number of aryl methyl sites for hydroxylation is 1. The second kappa shape index (κ2) is 7.31. The molecule has 5 nitrogen and oxygen atoms in total. The summed E-state index contributed by atoms with van der Waals surface area (Å²) in [5, 5.41) is 7.12. The highest BCUT2D eigenvalue weighted by molar-refractivity contribution is 7.98. The molecule has 0 aliphatic heterocycles. The molecular weight excluding hydrogens is 320 g/mol. The van der Waals surface area contributed by atoms with Gasteiger partial charge in [0.15, 0.2) is 5.82 Å². The van der Waals surface area contributed by atoms with Gasteiger partial charge in [-0.2, -0.15) is 5.10 Å². The number of carbonyl (C=O) groups excluding carboxylic acids is 1. The molecule has 0 aliphatic carbocycles. The molecule has 0 saturated heterocycles. The van der Waals surface area contributed by atoms with Crippen molar-refractivity contribution < 1.29 is 4.79 Å². The smallest absolute Gasteiger partial charge is 0.270 e. The van der Waals surface area contributed by atoms with E-state index in [1.807, 2.05) is 55.6 Å². The summed E-state index contributed by atoms with van der Waals surface area (Å²) in [6.07, 6.45) is 3.75. The van der Waals surface area contributed by atoms with Crippen LogP contribution in [0.2, 0.25) is 0 Å². The molecule has 0 atom stereocenters. The van der Waals surface area contributed by atoms with Crippen molar-refractivity contribution in [2.45, 2.75) is 18.4 Å². The Morgan fingerprint density at radius 3 is 2.62 bits per heavy atom. The van der Waals surface area contributed by atoms with E-state index >= 15 is 0 Å². The predicted molar refractivity (Wildman–Crippen MR) is 95.5 cm³/mol. The van der Waals surface area contributed by atoms with Crippen LogP contribution in [-0.4, -0.2) is 26.9 Å². The molecule has 0 fully saturated rings. The minimum atomic E-state index is -0.199. The number of hydrogen-bond donors (Lipinski definition) is 1. The van der Waals surface area contributed by atoms with Gasteiger partial charge in [-0.05, 0) is 49.1 Å². The van der Waals surface area contributed by atoms with E-state index in [0.29, 0.717) is 18.1 Å². The summed E-state index contributed by atoms with van der Waals surface area (Å²) in [5.41, 5.74) is 2.40. The van der Waals surface area contributed by atoms with E-state index < -0.39 is 0 Å². The largest absolute Gasteiger partial charge is 0.347 e. The van der Waals surface area contributed by atoms with Crippen LogP contribution in [0.1, 0.15) is 21.7 Å². The summed E-state index contributed by atoms with van der Waals surface area (Å²) in [7, 11) is 0. The minimum absolute atomic E-state index is 0.199. The lowest BCUT2D eigenvalue weighted by Crippen LogP contribution is -2.24. The van der Waals surface area contributed by atoms with Crippen LogP contribution >= 0.6 is 11.8 Å². The number of pyridine rings is 1. The van der Waals surface area contributed by atoms with E-state index in [2.05, 4.69) is 15.4 Å². The summed E-state index contributed by atoms with van der Waals surface area (Å²) in [5.74, 6) is 0.435. The summed E-state index contributed by atoms with van der Waals surface area (Å²) >= 11 is 1.69. The second-order valence-corrected chi connectivity index (χ2v) is 6.18. The Morgan fingerprint density at radius 1 is 1.17 bits per heavy atom. The van der Waals surface area contributed by atoms with Gasteiger partial charge < -0.3 is 5.32 Å². The van der Waals surface area contributed by atoms with Crippen LogP contribution in [0.5, 0.6) is 0 Å². The molecule has 0 radical (unpaired) electrons. The van der Waals surface area contributed by atoms with Crippen molar-refractivity contribution in [1.82, 2.24) is 20.1 Å². The second-order valence-electron chi connectivity index (χ2n) is 5.30. The third kappa shape index (κ3) is 3.65. The monoisotopic (exact) mass is 338 g/mol.